The summed E-state index contributed by atoms with van der Waals surface area (Å²) >= 11 is 3.33. The Labute approximate surface area is 173 Å². The summed E-state index contributed by atoms with van der Waals surface area (Å²) in [5, 5.41) is 0. The van der Waals surface area contributed by atoms with Gasteiger partial charge in [-0.2, -0.15) is 0 Å². The molecule has 0 spiro atoms. The lowest BCUT2D eigenvalue weighted by Gasteiger charge is -2.38. The molecule has 0 heterocycles. The van der Waals surface area contributed by atoms with Gasteiger partial charge in [0.05, 0.1) is 0 Å². The van der Waals surface area contributed by atoms with Crippen LogP contribution in [0.2, 0.25) is 0 Å². The van der Waals surface area contributed by atoms with Crippen molar-refractivity contribution in [2.24, 2.45) is 17.8 Å². The molecule has 2 fully saturated rings. The third-order valence-electron chi connectivity index (χ3n) is 6.74. The summed E-state index contributed by atoms with van der Waals surface area (Å²) in [6.45, 7) is 2.26. The normalized spacial score (nSPS) is 28.9. The molecule has 0 atom stereocenters. The monoisotopic (exact) mass is 464 g/mol. The van der Waals surface area contributed by atoms with Crippen LogP contribution in [0.1, 0.15) is 82.6 Å². The maximum absolute atomic E-state index is 13.9. The second-order valence-corrected chi connectivity index (χ2v) is 9.39. The van der Waals surface area contributed by atoms with Crippen molar-refractivity contribution in [3.05, 3.63) is 28.0 Å². The molecule has 0 amide bonds. The maximum Gasteiger partial charge on any atom is 0.573 e. The Balaban J connectivity index is 1.60. The first-order valence-electron chi connectivity index (χ1n) is 10.5. The van der Waals surface area contributed by atoms with Gasteiger partial charge in [-0.15, -0.1) is 13.2 Å². The van der Waals surface area contributed by atoms with Gasteiger partial charge in [-0.3, -0.25) is 0 Å². The quantitative estimate of drug-likeness (QED) is 0.397. The summed E-state index contributed by atoms with van der Waals surface area (Å²) in [5.74, 6) is 0.851. The fourth-order valence-electron chi connectivity index (χ4n) is 5.32. The molecule has 0 N–H and O–H groups in total. The Kier molecular flexibility index (Phi) is 7.32. The van der Waals surface area contributed by atoms with E-state index in [1.165, 1.54) is 44.6 Å². The molecule has 0 bridgehead atoms. The van der Waals surface area contributed by atoms with Crippen LogP contribution in [-0.2, 0) is 0 Å². The summed E-state index contributed by atoms with van der Waals surface area (Å²) < 4.78 is 55.8. The number of alkyl halides is 3. The summed E-state index contributed by atoms with van der Waals surface area (Å²) in [6, 6.07) is 2.32. The van der Waals surface area contributed by atoms with Gasteiger partial charge in [-0.05, 0) is 79.9 Å². The van der Waals surface area contributed by atoms with Gasteiger partial charge in [0.1, 0.15) is 0 Å². The lowest BCUT2D eigenvalue weighted by Crippen LogP contribution is -2.25. The van der Waals surface area contributed by atoms with Crippen LogP contribution in [0, 0.1) is 23.6 Å². The van der Waals surface area contributed by atoms with Gasteiger partial charge in [-0.1, -0.05) is 48.5 Å². The van der Waals surface area contributed by atoms with Gasteiger partial charge in [0, 0.05) is 4.47 Å². The maximum atomic E-state index is 13.9. The molecule has 28 heavy (non-hydrogen) atoms. The van der Waals surface area contributed by atoms with Crippen molar-refractivity contribution in [3.8, 4) is 5.75 Å². The van der Waals surface area contributed by atoms with E-state index in [-0.39, 0.29) is 5.92 Å². The smallest absolute Gasteiger partial charge is 0.403 e. The fourth-order valence-corrected chi connectivity index (χ4v) is 5.96. The van der Waals surface area contributed by atoms with E-state index in [0.29, 0.717) is 4.47 Å². The van der Waals surface area contributed by atoms with Crippen LogP contribution >= 0.6 is 15.9 Å². The molecule has 2 saturated carbocycles. The minimum absolute atomic E-state index is 0.151. The number of rotatable bonds is 5. The molecule has 0 saturated heterocycles. The molecular weight excluding hydrogens is 436 g/mol. The van der Waals surface area contributed by atoms with Gasteiger partial charge >= 0.3 is 6.36 Å². The van der Waals surface area contributed by atoms with Gasteiger partial charge in [0.2, 0.25) is 0 Å². The van der Waals surface area contributed by atoms with Crippen molar-refractivity contribution in [3.63, 3.8) is 0 Å². The van der Waals surface area contributed by atoms with E-state index in [9.17, 15) is 17.6 Å². The second kappa shape index (κ2) is 9.36. The van der Waals surface area contributed by atoms with Crippen LogP contribution in [0.3, 0.4) is 0 Å². The highest BCUT2D eigenvalue weighted by atomic mass is 79.9. The molecule has 0 aliphatic heterocycles. The lowest BCUT2D eigenvalue weighted by atomic mass is 9.68. The Morgan fingerprint density at radius 3 is 2.07 bits per heavy atom. The third-order valence-corrected chi connectivity index (χ3v) is 7.43. The molecule has 1 aromatic carbocycles. The highest BCUT2D eigenvalue weighted by molar-refractivity contribution is 9.10. The van der Waals surface area contributed by atoms with E-state index in [1.807, 2.05) is 0 Å². The molecule has 6 heteroatoms. The predicted molar refractivity (Wildman–Crippen MR) is 106 cm³/mol. The van der Waals surface area contributed by atoms with Crippen molar-refractivity contribution in [1.29, 1.82) is 0 Å². The van der Waals surface area contributed by atoms with E-state index in [4.69, 9.17) is 0 Å². The molecule has 158 valence electrons. The average molecular weight is 465 g/mol. The first-order chi connectivity index (χ1) is 13.3. The molecule has 0 radical (unpaired) electrons. The predicted octanol–water partition coefficient (Wildman–Crippen LogP) is 8.37. The molecule has 2 aliphatic carbocycles. The highest BCUT2D eigenvalue weighted by Crippen LogP contribution is 2.46. The fraction of sp³-hybridized carbons (Fsp3) is 0.727. The van der Waals surface area contributed by atoms with E-state index >= 15 is 0 Å². The second-order valence-electron chi connectivity index (χ2n) is 8.53. The number of hydrogen-bond donors (Lipinski definition) is 0. The molecule has 3 rings (SSSR count). The first kappa shape index (κ1) is 21.9. The standard InChI is InChI=1S/C22H29BrF4O/c1-2-3-14-4-6-15(7-5-14)16-8-10-17(11-9-16)18-12-21(28-22(25,26)27)20(24)13-19(18)23/h12-17H,2-11H2,1H3. The molecular formula is C22H29BrF4O. The van der Waals surface area contributed by atoms with E-state index in [0.717, 1.165) is 55.1 Å². The zero-order chi connectivity index (χ0) is 20.3. The largest absolute Gasteiger partial charge is 0.573 e. The molecule has 1 nitrogen and oxygen atoms in total. The minimum Gasteiger partial charge on any atom is -0.403 e. The van der Waals surface area contributed by atoms with E-state index in [1.54, 1.807) is 0 Å². The van der Waals surface area contributed by atoms with Crippen molar-refractivity contribution < 1.29 is 22.3 Å². The number of hydrogen-bond acceptors (Lipinski definition) is 1. The van der Waals surface area contributed by atoms with Crippen molar-refractivity contribution >= 4 is 15.9 Å². The molecule has 0 unspecified atom stereocenters. The molecule has 1 aromatic rings. The Hall–Kier alpha value is -0.780. The van der Waals surface area contributed by atoms with Crippen molar-refractivity contribution in [2.75, 3.05) is 0 Å². The number of halogens is 5. The Morgan fingerprint density at radius 2 is 1.54 bits per heavy atom. The number of benzene rings is 1. The summed E-state index contributed by atoms with van der Waals surface area (Å²) in [5.41, 5.74) is 0.728. The Bertz CT molecular complexity index is 645. The van der Waals surface area contributed by atoms with Crippen LogP contribution in [0.4, 0.5) is 17.6 Å². The minimum atomic E-state index is -4.89. The zero-order valence-corrected chi connectivity index (χ0v) is 17.9. The van der Waals surface area contributed by atoms with Gasteiger partial charge in [0.15, 0.2) is 11.6 Å². The van der Waals surface area contributed by atoms with Crippen LogP contribution in [0.5, 0.6) is 5.75 Å². The van der Waals surface area contributed by atoms with Crippen LogP contribution in [0.25, 0.3) is 0 Å². The van der Waals surface area contributed by atoms with E-state index in [2.05, 4.69) is 27.6 Å². The first-order valence-corrected chi connectivity index (χ1v) is 11.3. The topological polar surface area (TPSA) is 9.23 Å². The molecule has 0 aromatic heterocycles. The summed E-state index contributed by atoms with van der Waals surface area (Å²) in [7, 11) is 0. The average Bonchev–Trinajstić information content (AvgIpc) is 2.64. The van der Waals surface area contributed by atoms with Gasteiger partial charge < -0.3 is 4.74 Å². The Morgan fingerprint density at radius 1 is 0.964 bits per heavy atom. The van der Waals surface area contributed by atoms with Gasteiger partial charge in [0.25, 0.3) is 0 Å². The van der Waals surface area contributed by atoms with Crippen molar-refractivity contribution in [1.82, 2.24) is 0 Å². The SMILES string of the molecule is CCCC1CCC(C2CCC(c3cc(OC(F)(F)F)c(F)cc3Br)CC2)CC1. The van der Waals surface area contributed by atoms with E-state index < -0.39 is 17.9 Å². The highest BCUT2D eigenvalue weighted by Gasteiger charge is 2.35. The van der Waals surface area contributed by atoms with Crippen LogP contribution < -0.4 is 4.74 Å². The van der Waals surface area contributed by atoms with Gasteiger partial charge in [-0.25, -0.2) is 4.39 Å². The third kappa shape index (κ3) is 5.64. The molecule has 2 aliphatic rings. The summed E-state index contributed by atoms with van der Waals surface area (Å²) in [4.78, 5) is 0. The van der Waals surface area contributed by atoms with Crippen LogP contribution in [-0.4, -0.2) is 6.36 Å². The van der Waals surface area contributed by atoms with Crippen molar-refractivity contribution in [2.45, 2.75) is 83.4 Å². The van der Waals surface area contributed by atoms with Crippen LogP contribution in [0.15, 0.2) is 16.6 Å². The summed E-state index contributed by atoms with van der Waals surface area (Å²) in [6.07, 6.45) is 7.16. The number of ether oxygens (including phenoxy) is 1. The zero-order valence-electron chi connectivity index (χ0n) is 16.3. The lowest BCUT2D eigenvalue weighted by molar-refractivity contribution is -0.275.